The van der Waals surface area contributed by atoms with Crippen LogP contribution in [0.4, 0.5) is 5.69 Å². The first-order chi connectivity index (χ1) is 7.63. The molecule has 0 aliphatic rings. The van der Waals surface area contributed by atoms with Gasteiger partial charge in [0, 0.05) is 7.05 Å². The van der Waals surface area contributed by atoms with E-state index < -0.39 is 0 Å². The van der Waals surface area contributed by atoms with Gasteiger partial charge in [-0.05, 0) is 6.92 Å². The van der Waals surface area contributed by atoms with Gasteiger partial charge in [-0.3, -0.25) is 0 Å². The molecule has 2 aromatic heterocycles. The molecule has 2 rings (SSSR count). The lowest BCUT2D eigenvalue weighted by atomic mass is 10.2. The van der Waals surface area contributed by atoms with Crippen molar-refractivity contribution >= 4 is 5.69 Å². The zero-order chi connectivity index (χ0) is 11.7. The predicted octanol–water partition coefficient (Wildman–Crippen LogP) is 0.776. The maximum atomic E-state index is 5.54. The molecule has 2 aromatic rings. The standard InChI is InChI=1S/C10H13N5O/c1-6-8(10(16-3)15(2)14-6)9-12-4-7(11)5-13-9/h4-5H,11H2,1-3H3. The van der Waals surface area contributed by atoms with Crippen LogP contribution in [0.5, 0.6) is 5.88 Å². The molecule has 0 aliphatic heterocycles. The summed E-state index contributed by atoms with van der Waals surface area (Å²) >= 11 is 0. The zero-order valence-corrected chi connectivity index (χ0v) is 9.43. The first kappa shape index (κ1) is 10.4. The number of hydrogen-bond acceptors (Lipinski definition) is 5. The average Bonchev–Trinajstić information content (AvgIpc) is 2.54. The van der Waals surface area contributed by atoms with Crippen molar-refractivity contribution in [2.24, 2.45) is 7.05 Å². The van der Waals surface area contributed by atoms with E-state index in [0.29, 0.717) is 17.4 Å². The number of anilines is 1. The quantitative estimate of drug-likeness (QED) is 0.807. The largest absolute Gasteiger partial charge is 0.481 e. The van der Waals surface area contributed by atoms with Crippen molar-refractivity contribution in [2.75, 3.05) is 12.8 Å². The maximum Gasteiger partial charge on any atom is 0.222 e. The van der Waals surface area contributed by atoms with Gasteiger partial charge in [0.25, 0.3) is 0 Å². The van der Waals surface area contributed by atoms with E-state index in [-0.39, 0.29) is 0 Å². The first-order valence-corrected chi connectivity index (χ1v) is 4.79. The number of nitrogens with two attached hydrogens (primary N) is 1. The van der Waals surface area contributed by atoms with Gasteiger partial charge >= 0.3 is 0 Å². The molecule has 84 valence electrons. The lowest BCUT2D eigenvalue weighted by Gasteiger charge is -2.03. The number of ether oxygens (including phenoxy) is 1. The molecule has 0 unspecified atom stereocenters. The van der Waals surface area contributed by atoms with Crippen molar-refractivity contribution in [3.05, 3.63) is 18.1 Å². The van der Waals surface area contributed by atoms with Crippen LogP contribution in [0, 0.1) is 6.92 Å². The highest BCUT2D eigenvalue weighted by Crippen LogP contribution is 2.29. The minimum absolute atomic E-state index is 0.532. The van der Waals surface area contributed by atoms with Crippen LogP contribution in [-0.4, -0.2) is 26.9 Å². The molecule has 0 fully saturated rings. The van der Waals surface area contributed by atoms with Crippen LogP contribution >= 0.6 is 0 Å². The second-order valence-electron chi connectivity index (χ2n) is 3.43. The third-order valence-corrected chi connectivity index (χ3v) is 2.26. The Morgan fingerprint density at radius 3 is 2.50 bits per heavy atom. The molecule has 2 heterocycles. The summed E-state index contributed by atoms with van der Waals surface area (Å²) in [7, 11) is 3.41. The molecule has 0 spiro atoms. The Labute approximate surface area is 93.1 Å². The summed E-state index contributed by atoms with van der Waals surface area (Å²) < 4.78 is 6.93. The van der Waals surface area contributed by atoms with E-state index in [4.69, 9.17) is 10.5 Å². The highest BCUT2D eigenvalue weighted by atomic mass is 16.5. The molecule has 6 heteroatoms. The summed E-state index contributed by atoms with van der Waals surface area (Å²) in [4.78, 5) is 8.32. The summed E-state index contributed by atoms with van der Waals surface area (Å²) in [5, 5.41) is 4.26. The molecule has 6 nitrogen and oxygen atoms in total. The van der Waals surface area contributed by atoms with Gasteiger partial charge in [0.15, 0.2) is 5.82 Å². The Balaban J connectivity index is 2.59. The number of nitrogen functional groups attached to an aromatic ring is 1. The molecule has 0 radical (unpaired) electrons. The van der Waals surface area contributed by atoms with Gasteiger partial charge in [0.2, 0.25) is 5.88 Å². The Bertz CT molecular complexity index is 503. The van der Waals surface area contributed by atoms with Crippen molar-refractivity contribution in [1.82, 2.24) is 19.7 Å². The van der Waals surface area contributed by atoms with Crippen molar-refractivity contribution in [3.63, 3.8) is 0 Å². The van der Waals surface area contributed by atoms with Crippen molar-refractivity contribution in [1.29, 1.82) is 0 Å². The highest BCUT2D eigenvalue weighted by molar-refractivity contribution is 5.65. The predicted molar refractivity (Wildman–Crippen MR) is 59.9 cm³/mol. The fourth-order valence-corrected chi connectivity index (χ4v) is 1.60. The van der Waals surface area contributed by atoms with Crippen LogP contribution in [-0.2, 0) is 7.05 Å². The molecule has 0 aromatic carbocycles. The Morgan fingerprint density at radius 1 is 1.31 bits per heavy atom. The van der Waals surface area contributed by atoms with E-state index >= 15 is 0 Å². The summed E-state index contributed by atoms with van der Waals surface area (Å²) in [5.41, 5.74) is 7.69. The summed E-state index contributed by atoms with van der Waals surface area (Å²) in [6, 6.07) is 0. The molecule has 0 atom stereocenters. The maximum absolute atomic E-state index is 5.54. The van der Waals surface area contributed by atoms with Gasteiger partial charge in [-0.15, -0.1) is 0 Å². The second-order valence-corrected chi connectivity index (χ2v) is 3.43. The number of aryl methyl sites for hydroxylation is 2. The van der Waals surface area contributed by atoms with Crippen LogP contribution < -0.4 is 10.5 Å². The fraction of sp³-hybridized carbons (Fsp3) is 0.300. The van der Waals surface area contributed by atoms with Crippen molar-refractivity contribution in [2.45, 2.75) is 6.92 Å². The van der Waals surface area contributed by atoms with Crippen LogP contribution in [0.25, 0.3) is 11.4 Å². The zero-order valence-electron chi connectivity index (χ0n) is 9.43. The molecule has 0 bridgehead atoms. The lowest BCUT2D eigenvalue weighted by molar-refractivity contribution is 0.374. The number of rotatable bonds is 2. The Hall–Kier alpha value is -2.11. The van der Waals surface area contributed by atoms with E-state index in [1.807, 2.05) is 14.0 Å². The van der Waals surface area contributed by atoms with Gasteiger partial charge in [-0.1, -0.05) is 0 Å². The van der Waals surface area contributed by atoms with Crippen molar-refractivity contribution < 1.29 is 4.74 Å². The molecular weight excluding hydrogens is 206 g/mol. The third-order valence-electron chi connectivity index (χ3n) is 2.26. The molecular formula is C10H13N5O. The molecule has 0 amide bonds. The number of nitrogens with zero attached hydrogens (tertiary/aromatic N) is 4. The SMILES string of the molecule is COc1c(-c2ncc(N)cn2)c(C)nn1C. The topological polar surface area (TPSA) is 78.8 Å². The molecule has 0 aliphatic carbocycles. The van der Waals surface area contributed by atoms with Gasteiger partial charge in [0.05, 0.1) is 30.9 Å². The number of aromatic nitrogens is 4. The third kappa shape index (κ3) is 1.58. The molecule has 0 saturated carbocycles. The fourth-order valence-electron chi connectivity index (χ4n) is 1.60. The first-order valence-electron chi connectivity index (χ1n) is 4.79. The van der Waals surface area contributed by atoms with Crippen molar-refractivity contribution in [3.8, 4) is 17.3 Å². The summed E-state index contributed by atoms with van der Waals surface area (Å²) in [6.45, 7) is 1.89. The van der Waals surface area contributed by atoms with Crippen LogP contribution in [0.2, 0.25) is 0 Å². The summed E-state index contributed by atoms with van der Waals surface area (Å²) in [6.07, 6.45) is 3.13. The normalized spacial score (nSPS) is 10.4. The summed E-state index contributed by atoms with van der Waals surface area (Å²) in [5.74, 6) is 1.21. The number of methoxy groups -OCH3 is 1. The molecule has 0 saturated heterocycles. The Kier molecular flexibility index (Phi) is 2.47. The number of hydrogen-bond donors (Lipinski definition) is 1. The minimum Gasteiger partial charge on any atom is -0.481 e. The van der Waals surface area contributed by atoms with E-state index in [2.05, 4.69) is 15.1 Å². The van der Waals surface area contributed by atoms with E-state index in [1.54, 1.807) is 24.2 Å². The van der Waals surface area contributed by atoms with E-state index in [0.717, 1.165) is 11.3 Å². The van der Waals surface area contributed by atoms with Gasteiger partial charge in [-0.25, -0.2) is 14.6 Å². The van der Waals surface area contributed by atoms with Gasteiger partial charge in [0.1, 0.15) is 5.56 Å². The smallest absolute Gasteiger partial charge is 0.222 e. The molecule has 16 heavy (non-hydrogen) atoms. The lowest BCUT2D eigenvalue weighted by Crippen LogP contribution is -1.97. The average molecular weight is 219 g/mol. The van der Waals surface area contributed by atoms with E-state index in [1.165, 1.54) is 0 Å². The van der Waals surface area contributed by atoms with E-state index in [9.17, 15) is 0 Å². The highest BCUT2D eigenvalue weighted by Gasteiger charge is 2.17. The Morgan fingerprint density at radius 2 is 1.94 bits per heavy atom. The second kappa shape index (κ2) is 3.80. The van der Waals surface area contributed by atoms with Gasteiger partial charge < -0.3 is 10.5 Å². The van der Waals surface area contributed by atoms with Crippen LogP contribution in [0.1, 0.15) is 5.69 Å². The molecule has 2 N–H and O–H groups in total. The van der Waals surface area contributed by atoms with Crippen LogP contribution in [0.15, 0.2) is 12.4 Å². The van der Waals surface area contributed by atoms with Crippen LogP contribution in [0.3, 0.4) is 0 Å². The minimum atomic E-state index is 0.532. The van der Waals surface area contributed by atoms with Gasteiger partial charge in [-0.2, -0.15) is 5.10 Å². The monoisotopic (exact) mass is 219 g/mol.